The zero-order valence-corrected chi connectivity index (χ0v) is 13.3. The van der Waals surface area contributed by atoms with Crippen LogP contribution in [0.25, 0.3) is 0 Å². The fourth-order valence-electron chi connectivity index (χ4n) is 2.41. The molecule has 2 heterocycles. The van der Waals surface area contributed by atoms with Gasteiger partial charge in [-0.25, -0.2) is 0 Å². The van der Waals surface area contributed by atoms with Crippen molar-refractivity contribution in [3.05, 3.63) is 52.6 Å². The fourth-order valence-corrected chi connectivity index (χ4v) is 2.41. The van der Waals surface area contributed by atoms with Gasteiger partial charge in [-0.15, -0.1) is 0 Å². The van der Waals surface area contributed by atoms with Crippen LogP contribution in [-0.4, -0.2) is 21.7 Å². The van der Waals surface area contributed by atoms with Crippen LogP contribution in [0.3, 0.4) is 0 Å². The molecule has 4 heteroatoms. The van der Waals surface area contributed by atoms with Gasteiger partial charge in [0.25, 0.3) is 0 Å². The lowest BCUT2D eigenvalue weighted by molar-refractivity contribution is 0.586. The highest BCUT2D eigenvalue weighted by Crippen LogP contribution is 2.24. The first-order valence-corrected chi connectivity index (χ1v) is 7.64. The number of nitrogens with one attached hydrogen (secondary N) is 1. The average molecular weight is 284 g/mol. The first-order valence-electron chi connectivity index (χ1n) is 7.64. The van der Waals surface area contributed by atoms with E-state index in [9.17, 15) is 0 Å². The van der Waals surface area contributed by atoms with Gasteiger partial charge in [-0.2, -0.15) is 10.2 Å². The minimum Gasteiger partial charge on any atom is -0.306 e. The molecule has 112 valence electrons. The van der Waals surface area contributed by atoms with Crippen molar-refractivity contribution in [3.63, 3.8) is 0 Å². The predicted octanol–water partition coefficient (Wildman–Crippen LogP) is 3.14. The van der Waals surface area contributed by atoms with Crippen LogP contribution in [0.5, 0.6) is 0 Å². The van der Waals surface area contributed by atoms with Gasteiger partial charge in [0.15, 0.2) is 0 Å². The number of aryl methyl sites for hydroxylation is 3. The Morgan fingerprint density at radius 3 is 2.52 bits per heavy atom. The fraction of sp³-hybridized carbons (Fsp3) is 0.471. The summed E-state index contributed by atoms with van der Waals surface area (Å²) in [7, 11) is 0. The minimum absolute atomic E-state index is 0.127. The molecule has 0 saturated carbocycles. The third-order valence-electron chi connectivity index (χ3n) is 3.54. The Kier molecular flexibility index (Phi) is 5.39. The summed E-state index contributed by atoms with van der Waals surface area (Å²) in [5.74, 6) is 0. The van der Waals surface area contributed by atoms with Crippen LogP contribution in [0.15, 0.2) is 24.4 Å². The molecule has 4 nitrogen and oxygen atoms in total. The molecule has 0 fully saturated rings. The van der Waals surface area contributed by atoms with Crippen molar-refractivity contribution in [1.82, 2.24) is 20.5 Å². The highest BCUT2D eigenvalue weighted by Gasteiger charge is 2.18. The molecule has 0 aliphatic rings. The Balaban J connectivity index is 2.44. The van der Waals surface area contributed by atoms with Crippen LogP contribution >= 0.6 is 0 Å². The molecule has 1 unspecified atom stereocenters. The third-order valence-corrected chi connectivity index (χ3v) is 3.54. The van der Waals surface area contributed by atoms with E-state index in [0.717, 1.165) is 36.5 Å². The predicted molar refractivity (Wildman–Crippen MR) is 85.3 cm³/mol. The molecule has 0 aromatic carbocycles. The van der Waals surface area contributed by atoms with Crippen LogP contribution in [0.2, 0.25) is 0 Å². The van der Waals surface area contributed by atoms with E-state index in [-0.39, 0.29) is 6.04 Å². The summed E-state index contributed by atoms with van der Waals surface area (Å²) in [6.45, 7) is 9.25. The smallest absolute Gasteiger partial charge is 0.0679 e. The van der Waals surface area contributed by atoms with Gasteiger partial charge in [0.2, 0.25) is 0 Å². The average Bonchev–Trinajstić information content (AvgIpc) is 2.49. The van der Waals surface area contributed by atoms with Gasteiger partial charge in [-0.05, 0) is 56.5 Å². The van der Waals surface area contributed by atoms with E-state index < -0.39 is 0 Å². The van der Waals surface area contributed by atoms with Crippen molar-refractivity contribution in [1.29, 1.82) is 0 Å². The molecule has 1 N–H and O–H groups in total. The zero-order valence-electron chi connectivity index (χ0n) is 13.3. The van der Waals surface area contributed by atoms with Gasteiger partial charge in [0.1, 0.15) is 0 Å². The van der Waals surface area contributed by atoms with Crippen molar-refractivity contribution in [2.24, 2.45) is 0 Å². The lowest BCUT2D eigenvalue weighted by atomic mass is 9.97. The van der Waals surface area contributed by atoms with Crippen LogP contribution in [-0.2, 0) is 6.42 Å². The highest BCUT2D eigenvalue weighted by atomic mass is 15.1. The normalized spacial score (nSPS) is 12.4. The van der Waals surface area contributed by atoms with E-state index in [1.54, 1.807) is 0 Å². The minimum atomic E-state index is 0.127. The second-order valence-corrected chi connectivity index (χ2v) is 5.36. The maximum Gasteiger partial charge on any atom is 0.0679 e. The van der Waals surface area contributed by atoms with Crippen molar-refractivity contribution >= 4 is 0 Å². The van der Waals surface area contributed by atoms with Crippen molar-refractivity contribution in [2.75, 3.05) is 6.54 Å². The maximum atomic E-state index is 4.44. The molecule has 0 amide bonds. The van der Waals surface area contributed by atoms with E-state index in [2.05, 4.69) is 52.5 Å². The highest BCUT2D eigenvalue weighted by molar-refractivity contribution is 5.34. The van der Waals surface area contributed by atoms with E-state index in [1.807, 2.05) is 20.0 Å². The van der Waals surface area contributed by atoms with E-state index in [1.165, 1.54) is 11.1 Å². The summed E-state index contributed by atoms with van der Waals surface area (Å²) in [5, 5.41) is 12.2. The number of aromatic nitrogens is 3. The Labute approximate surface area is 127 Å². The van der Waals surface area contributed by atoms with E-state index in [0.29, 0.717) is 0 Å². The molecular weight excluding hydrogens is 260 g/mol. The molecular formula is C17H24N4. The quantitative estimate of drug-likeness (QED) is 0.885. The molecule has 2 aromatic rings. The topological polar surface area (TPSA) is 50.7 Å². The molecule has 21 heavy (non-hydrogen) atoms. The summed E-state index contributed by atoms with van der Waals surface area (Å²) in [6.07, 6.45) is 3.93. The number of nitrogens with zero attached hydrogens (tertiary/aromatic N) is 3. The summed E-state index contributed by atoms with van der Waals surface area (Å²) in [6, 6.07) is 6.47. The van der Waals surface area contributed by atoms with Crippen LogP contribution in [0, 0.1) is 13.8 Å². The molecule has 0 aliphatic heterocycles. The summed E-state index contributed by atoms with van der Waals surface area (Å²) in [4.78, 5) is 4.44. The molecule has 0 bridgehead atoms. The van der Waals surface area contributed by atoms with Gasteiger partial charge >= 0.3 is 0 Å². The molecule has 0 radical (unpaired) electrons. The van der Waals surface area contributed by atoms with E-state index in [4.69, 9.17) is 0 Å². The Morgan fingerprint density at radius 1 is 1.10 bits per heavy atom. The lowest BCUT2D eigenvalue weighted by Crippen LogP contribution is -2.25. The number of hydrogen-bond acceptors (Lipinski definition) is 4. The lowest BCUT2D eigenvalue weighted by Gasteiger charge is -2.21. The Hall–Kier alpha value is -1.81. The SMILES string of the molecule is CCCNC(c1ccc(C)nc1)c1cc(C)nnc1CC. The van der Waals surface area contributed by atoms with Gasteiger partial charge in [-0.3, -0.25) is 4.98 Å². The number of pyridine rings is 1. The number of rotatable bonds is 6. The first kappa shape index (κ1) is 15.6. The van der Waals surface area contributed by atoms with Crippen LogP contribution in [0.1, 0.15) is 54.5 Å². The second-order valence-electron chi connectivity index (χ2n) is 5.36. The molecule has 1 atom stereocenters. The van der Waals surface area contributed by atoms with E-state index >= 15 is 0 Å². The van der Waals surface area contributed by atoms with Crippen molar-refractivity contribution in [3.8, 4) is 0 Å². The van der Waals surface area contributed by atoms with Gasteiger partial charge < -0.3 is 5.32 Å². The molecule has 0 spiro atoms. The second kappa shape index (κ2) is 7.27. The molecule has 0 aliphatic carbocycles. The van der Waals surface area contributed by atoms with Gasteiger partial charge in [0, 0.05) is 11.9 Å². The van der Waals surface area contributed by atoms with Crippen molar-refractivity contribution < 1.29 is 0 Å². The first-order chi connectivity index (χ1) is 10.2. The molecule has 2 rings (SSSR count). The standard InChI is InChI=1S/C17H24N4/c1-5-9-18-17(14-8-7-12(3)19-11-14)15-10-13(4)20-21-16(15)6-2/h7-8,10-11,17-18H,5-6,9H2,1-4H3. The van der Waals surface area contributed by atoms with Crippen LogP contribution < -0.4 is 5.32 Å². The van der Waals surface area contributed by atoms with Gasteiger partial charge in [0.05, 0.1) is 17.4 Å². The largest absolute Gasteiger partial charge is 0.306 e. The van der Waals surface area contributed by atoms with Gasteiger partial charge in [-0.1, -0.05) is 19.9 Å². The monoisotopic (exact) mass is 284 g/mol. The molecule has 0 saturated heterocycles. The third kappa shape index (κ3) is 3.85. The maximum absolute atomic E-state index is 4.44. The number of hydrogen-bond donors (Lipinski definition) is 1. The van der Waals surface area contributed by atoms with Crippen molar-refractivity contribution in [2.45, 2.75) is 46.6 Å². The Bertz CT molecular complexity index is 578. The zero-order chi connectivity index (χ0) is 15.2. The molecule has 2 aromatic heterocycles. The Morgan fingerprint density at radius 2 is 1.90 bits per heavy atom. The summed E-state index contributed by atoms with van der Waals surface area (Å²) >= 11 is 0. The summed E-state index contributed by atoms with van der Waals surface area (Å²) < 4.78 is 0. The van der Waals surface area contributed by atoms with Crippen LogP contribution in [0.4, 0.5) is 0 Å². The summed E-state index contributed by atoms with van der Waals surface area (Å²) in [5.41, 5.74) is 5.42.